The van der Waals surface area contributed by atoms with Crippen LogP contribution in [-0.4, -0.2) is 34.1 Å². The second kappa shape index (κ2) is 8.11. The Morgan fingerprint density at radius 3 is 2.50 bits per heavy atom. The van der Waals surface area contributed by atoms with E-state index in [0.29, 0.717) is 6.04 Å². The lowest BCUT2D eigenvalue weighted by atomic mass is 10.0. The number of aromatic nitrogens is 3. The van der Waals surface area contributed by atoms with Crippen molar-refractivity contribution in [3.8, 4) is 11.4 Å². The lowest BCUT2D eigenvalue weighted by Gasteiger charge is -2.34. The third-order valence-corrected chi connectivity index (χ3v) is 5.70. The fraction of sp³-hybridized carbons (Fsp3) is 0.240. The molecular weight excluding hydrogens is 370 g/mol. The van der Waals surface area contributed by atoms with Crippen LogP contribution >= 0.6 is 0 Å². The molecule has 3 heterocycles. The molecule has 5 heteroatoms. The summed E-state index contributed by atoms with van der Waals surface area (Å²) in [4.78, 5) is 16.3. The van der Waals surface area contributed by atoms with Crippen molar-refractivity contribution < 1.29 is 0 Å². The third-order valence-electron chi connectivity index (χ3n) is 5.70. The summed E-state index contributed by atoms with van der Waals surface area (Å²) in [6, 6.07) is 21.3. The predicted octanol–water partition coefficient (Wildman–Crippen LogP) is 5.08. The molecule has 0 saturated carbocycles. The van der Waals surface area contributed by atoms with Gasteiger partial charge in [0.25, 0.3) is 0 Å². The van der Waals surface area contributed by atoms with Gasteiger partial charge < -0.3 is 10.2 Å². The molecule has 1 saturated heterocycles. The maximum Gasteiger partial charge on any atom is 0.162 e. The average molecular weight is 396 g/mol. The van der Waals surface area contributed by atoms with Gasteiger partial charge >= 0.3 is 0 Å². The summed E-state index contributed by atoms with van der Waals surface area (Å²) < 4.78 is 0. The van der Waals surface area contributed by atoms with E-state index in [1.54, 1.807) is 12.4 Å². The second-order valence-corrected chi connectivity index (χ2v) is 7.90. The number of pyridine rings is 1. The molecule has 1 aliphatic heterocycles. The van der Waals surface area contributed by atoms with Crippen molar-refractivity contribution in [1.82, 2.24) is 15.0 Å². The van der Waals surface area contributed by atoms with Crippen LogP contribution in [0, 0.1) is 6.92 Å². The Kier molecular flexibility index (Phi) is 5.01. The average Bonchev–Trinajstić information content (AvgIpc) is 2.79. The number of hydrogen-bond acceptors (Lipinski definition) is 5. The van der Waals surface area contributed by atoms with Crippen molar-refractivity contribution in [2.24, 2.45) is 0 Å². The maximum atomic E-state index is 4.98. The van der Waals surface area contributed by atoms with Crippen LogP contribution in [0.15, 0.2) is 73.1 Å². The van der Waals surface area contributed by atoms with Gasteiger partial charge in [0.05, 0.1) is 5.52 Å². The summed E-state index contributed by atoms with van der Waals surface area (Å²) in [6.07, 6.45) is 5.74. The molecule has 0 aliphatic carbocycles. The lowest BCUT2D eigenvalue weighted by Crippen LogP contribution is -2.39. The Balaban J connectivity index is 1.40. The number of anilines is 2. The Bertz CT molecular complexity index is 1150. The highest BCUT2D eigenvalue weighted by Gasteiger charge is 2.22. The minimum Gasteiger partial charge on any atom is -0.382 e. The van der Waals surface area contributed by atoms with E-state index >= 15 is 0 Å². The van der Waals surface area contributed by atoms with Gasteiger partial charge in [-0.05, 0) is 61.7 Å². The number of benzene rings is 2. The summed E-state index contributed by atoms with van der Waals surface area (Å²) in [5.41, 5.74) is 4.47. The molecule has 0 spiro atoms. The highest BCUT2D eigenvalue weighted by Crippen LogP contribution is 2.30. The monoisotopic (exact) mass is 395 g/mol. The van der Waals surface area contributed by atoms with E-state index in [0.717, 1.165) is 54.0 Å². The zero-order chi connectivity index (χ0) is 20.3. The van der Waals surface area contributed by atoms with Crippen LogP contribution < -0.4 is 10.2 Å². The van der Waals surface area contributed by atoms with E-state index in [4.69, 9.17) is 9.97 Å². The van der Waals surface area contributed by atoms with Gasteiger partial charge in [-0.3, -0.25) is 4.98 Å². The quantitative estimate of drug-likeness (QED) is 0.522. The van der Waals surface area contributed by atoms with Gasteiger partial charge in [0.2, 0.25) is 0 Å². The molecule has 0 radical (unpaired) electrons. The Morgan fingerprint density at radius 2 is 1.70 bits per heavy atom. The van der Waals surface area contributed by atoms with Gasteiger partial charge in [-0.2, -0.15) is 0 Å². The molecule has 30 heavy (non-hydrogen) atoms. The largest absolute Gasteiger partial charge is 0.382 e. The Hall–Kier alpha value is -3.47. The topological polar surface area (TPSA) is 53.9 Å². The van der Waals surface area contributed by atoms with Crippen LogP contribution in [0.2, 0.25) is 0 Å². The fourth-order valence-corrected chi connectivity index (χ4v) is 4.14. The molecule has 1 N–H and O–H groups in total. The molecule has 2 aromatic heterocycles. The van der Waals surface area contributed by atoms with Crippen LogP contribution in [0.25, 0.3) is 22.3 Å². The van der Waals surface area contributed by atoms with E-state index in [2.05, 4.69) is 64.6 Å². The molecule has 0 unspecified atom stereocenters. The number of rotatable bonds is 4. The predicted molar refractivity (Wildman–Crippen MR) is 123 cm³/mol. The highest BCUT2D eigenvalue weighted by molar-refractivity contribution is 5.91. The minimum atomic E-state index is 0.482. The number of piperidine rings is 1. The summed E-state index contributed by atoms with van der Waals surface area (Å²) >= 11 is 0. The minimum absolute atomic E-state index is 0.482. The van der Waals surface area contributed by atoms with Crippen molar-refractivity contribution in [2.75, 3.05) is 23.3 Å². The normalized spacial score (nSPS) is 14.8. The van der Waals surface area contributed by atoms with Gasteiger partial charge in [-0.25, -0.2) is 9.97 Å². The van der Waals surface area contributed by atoms with Crippen molar-refractivity contribution in [1.29, 1.82) is 0 Å². The van der Waals surface area contributed by atoms with Crippen LogP contribution in [-0.2, 0) is 0 Å². The molecule has 5 rings (SSSR count). The van der Waals surface area contributed by atoms with Gasteiger partial charge in [-0.15, -0.1) is 0 Å². The maximum absolute atomic E-state index is 4.98. The van der Waals surface area contributed by atoms with E-state index in [1.165, 1.54) is 11.3 Å². The van der Waals surface area contributed by atoms with Crippen molar-refractivity contribution in [3.05, 3.63) is 78.6 Å². The standard InChI is InChI=1S/C25H25N5/c1-18-5-4-6-21(17-18)27-20-11-15-30(16-12-20)25-22-7-2-3-8-23(22)28-24(29-25)19-9-13-26-14-10-19/h2-10,13-14,17,20,27H,11-12,15-16H2,1H3. The zero-order valence-corrected chi connectivity index (χ0v) is 17.1. The molecule has 0 bridgehead atoms. The number of aryl methyl sites for hydroxylation is 1. The zero-order valence-electron chi connectivity index (χ0n) is 17.1. The Morgan fingerprint density at radius 1 is 0.900 bits per heavy atom. The molecule has 150 valence electrons. The summed E-state index contributed by atoms with van der Waals surface area (Å²) in [5.74, 6) is 1.78. The van der Waals surface area contributed by atoms with E-state index in [1.807, 2.05) is 18.2 Å². The van der Waals surface area contributed by atoms with Crippen LogP contribution in [0.3, 0.4) is 0 Å². The van der Waals surface area contributed by atoms with Gasteiger partial charge in [0.15, 0.2) is 5.82 Å². The first-order valence-electron chi connectivity index (χ1n) is 10.5. The third kappa shape index (κ3) is 3.83. The van der Waals surface area contributed by atoms with Gasteiger partial charge in [-0.1, -0.05) is 24.3 Å². The van der Waals surface area contributed by atoms with E-state index in [9.17, 15) is 0 Å². The first kappa shape index (κ1) is 18.6. The number of nitrogens with zero attached hydrogens (tertiary/aromatic N) is 4. The number of nitrogens with one attached hydrogen (secondary N) is 1. The molecular formula is C25H25N5. The molecule has 1 aliphatic rings. The molecule has 0 amide bonds. The lowest BCUT2D eigenvalue weighted by molar-refractivity contribution is 0.524. The SMILES string of the molecule is Cc1cccc(NC2CCN(c3nc(-c4ccncc4)nc4ccccc34)CC2)c1. The second-order valence-electron chi connectivity index (χ2n) is 7.90. The molecule has 4 aromatic rings. The van der Waals surface area contributed by atoms with Gasteiger partial charge in [0, 0.05) is 48.2 Å². The molecule has 2 aromatic carbocycles. The number of hydrogen-bond donors (Lipinski definition) is 1. The van der Waals surface area contributed by atoms with Crippen LogP contribution in [0.5, 0.6) is 0 Å². The van der Waals surface area contributed by atoms with E-state index < -0.39 is 0 Å². The van der Waals surface area contributed by atoms with Crippen molar-refractivity contribution >= 4 is 22.4 Å². The van der Waals surface area contributed by atoms with Crippen LogP contribution in [0.1, 0.15) is 18.4 Å². The highest BCUT2D eigenvalue weighted by atomic mass is 15.2. The fourth-order valence-electron chi connectivity index (χ4n) is 4.14. The molecule has 0 atom stereocenters. The Labute approximate surface area is 176 Å². The van der Waals surface area contributed by atoms with Crippen molar-refractivity contribution in [3.63, 3.8) is 0 Å². The number of para-hydroxylation sites is 1. The molecule has 1 fully saturated rings. The molecule has 5 nitrogen and oxygen atoms in total. The first-order valence-corrected chi connectivity index (χ1v) is 10.5. The first-order chi connectivity index (χ1) is 14.8. The van der Waals surface area contributed by atoms with Gasteiger partial charge in [0.1, 0.15) is 5.82 Å². The number of fused-ring (bicyclic) bond motifs is 1. The summed E-state index contributed by atoms with van der Waals surface area (Å²) in [5, 5.41) is 4.81. The van der Waals surface area contributed by atoms with Crippen molar-refractivity contribution in [2.45, 2.75) is 25.8 Å². The van der Waals surface area contributed by atoms with Crippen LogP contribution in [0.4, 0.5) is 11.5 Å². The smallest absolute Gasteiger partial charge is 0.162 e. The summed E-state index contributed by atoms with van der Waals surface area (Å²) in [6.45, 7) is 4.08. The van der Waals surface area contributed by atoms with E-state index in [-0.39, 0.29) is 0 Å². The summed E-state index contributed by atoms with van der Waals surface area (Å²) in [7, 11) is 0.